The van der Waals surface area contributed by atoms with Gasteiger partial charge < -0.3 is 10.1 Å². The fourth-order valence-corrected chi connectivity index (χ4v) is 4.35. The lowest BCUT2D eigenvalue weighted by Crippen LogP contribution is -2.43. The Kier molecular flexibility index (Phi) is 7.27. The lowest BCUT2D eigenvalue weighted by atomic mass is 9.79. The summed E-state index contributed by atoms with van der Waals surface area (Å²) in [5.41, 5.74) is 0. The lowest BCUT2D eigenvalue weighted by Gasteiger charge is -2.32. The Morgan fingerprint density at radius 1 is 1.08 bits per heavy atom. The van der Waals surface area contributed by atoms with Gasteiger partial charge in [-0.3, -0.25) is 4.79 Å². The van der Waals surface area contributed by atoms with Crippen LogP contribution in [-0.2, 0) is 4.79 Å². The Balaban J connectivity index is 1.35. The minimum Gasteiger partial charge on any atom is -0.460 e. The molecule has 0 saturated heterocycles. The van der Waals surface area contributed by atoms with Gasteiger partial charge in [-0.1, -0.05) is 26.2 Å². The summed E-state index contributed by atoms with van der Waals surface area (Å²) in [4.78, 5) is 20.8. The first-order chi connectivity index (χ1) is 12.7. The van der Waals surface area contributed by atoms with E-state index in [2.05, 4.69) is 22.2 Å². The number of nitrogens with one attached hydrogen (secondary N) is 1. The molecule has 0 unspecified atom stereocenters. The molecule has 2 saturated carbocycles. The molecule has 1 heterocycles. The first-order valence-corrected chi connectivity index (χ1v) is 10.5. The number of unbranched alkanes of at least 4 members (excludes halogenated alkanes) is 1. The highest BCUT2D eigenvalue weighted by molar-refractivity contribution is 5.79. The molecule has 2 fully saturated rings. The summed E-state index contributed by atoms with van der Waals surface area (Å²) in [7, 11) is 0. The van der Waals surface area contributed by atoms with Crippen molar-refractivity contribution < 1.29 is 9.53 Å². The first-order valence-electron chi connectivity index (χ1n) is 10.5. The number of carbonyl (C=O) groups is 1. The Morgan fingerprint density at radius 2 is 1.77 bits per heavy atom. The second kappa shape index (κ2) is 9.89. The summed E-state index contributed by atoms with van der Waals surface area (Å²) in [6.45, 7) is 2.26. The van der Waals surface area contributed by atoms with E-state index in [4.69, 9.17) is 4.74 Å². The van der Waals surface area contributed by atoms with Crippen LogP contribution in [0.5, 0.6) is 6.01 Å². The second-order valence-corrected chi connectivity index (χ2v) is 7.99. The molecular weight excluding hydrogens is 326 g/mol. The molecule has 1 amide bonds. The van der Waals surface area contributed by atoms with Crippen LogP contribution >= 0.6 is 0 Å². The molecule has 0 aromatic carbocycles. The van der Waals surface area contributed by atoms with Crippen LogP contribution in [0.25, 0.3) is 0 Å². The van der Waals surface area contributed by atoms with Gasteiger partial charge >= 0.3 is 6.01 Å². The molecule has 144 valence electrons. The Bertz CT molecular complexity index is 535. The molecule has 0 radical (unpaired) electrons. The number of ether oxygens (including phenoxy) is 1. The van der Waals surface area contributed by atoms with Crippen LogP contribution in [0.1, 0.15) is 77.6 Å². The molecule has 1 aromatic heterocycles. The zero-order valence-corrected chi connectivity index (χ0v) is 16.0. The van der Waals surface area contributed by atoms with Gasteiger partial charge in [0.25, 0.3) is 0 Å². The SMILES string of the molecule is CCCCC1CCC(C(=O)NC2CCC(Oc3ncccn3)CC2)CC1. The van der Waals surface area contributed by atoms with Crippen molar-refractivity contribution in [1.82, 2.24) is 15.3 Å². The fourth-order valence-electron chi connectivity index (χ4n) is 4.35. The average molecular weight is 360 g/mol. The third-order valence-electron chi connectivity index (χ3n) is 6.02. The Hall–Kier alpha value is -1.65. The van der Waals surface area contributed by atoms with Crippen molar-refractivity contribution in [3.05, 3.63) is 18.5 Å². The molecule has 1 aromatic rings. The maximum atomic E-state index is 12.6. The quantitative estimate of drug-likeness (QED) is 0.789. The van der Waals surface area contributed by atoms with E-state index in [-0.39, 0.29) is 17.9 Å². The third kappa shape index (κ3) is 5.68. The zero-order chi connectivity index (χ0) is 18.2. The van der Waals surface area contributed by atoms with Crippen LogP contribution in [0.2, 0.25) is 0 Å². The van der Waals surface area contributed by atoms with Crippen molar-refractivity contribution in [3.8, 4) is 6.01 Å². The van der Waals surface area contributed by atoms with E-state index in [0.717, 1.165) is 44.4 Å². The molecule has 0 spiro atoms. The summed E-state index contributed by atoms with van der Waals surface area (Å²) in [5, 5.41) is 3.31. The van der Waals surface area contributed by atoms with E-state index in [9.17, 15) is 4.79 Å². The van der Waals surface area contributed by atoms with Crippen molar-refractivity contribution in [2.45, 2.75) is 89.7 Å². The number of amides is 1. The molecule has 0 bridgehead atoms. The summed E-state index contributed by atoms with van der Waals surface area (Å²) < 4.78 is 5.83. The van der Waals surface area contributed by atoms with E-state index in [1.165, 1.54) is 32.1 Å². The van der Waals surface area contributed by atoms with Crippen molar-refractivity contribution in [2.75, 3.05) is 0 Å². The number of rotatable bonds is 7. The maximum Gasteiger partial charge on any atom is 0.316 e. The Labute approximate surface area is 157 Å². The van der Waals surface area contributed by atoms with E-state index in [1.54, 1.807) is 18.5 Å². The molecule has 2 aliphatic carbocycles. The van der Waals surface area contributed by atoms with Gasteiger partial charge in [0.1, 0.15) is 6.10 Å². The van der Waals surface area contributed by atoms with Crippen LogP contribution in [0, 0.1) is 11.8 Å². The smallest absolute Gasteiger partial charge is 0.316 e. The highest BCUT2D eigenvalue weighted by Gasteiger charge is 2.29. The molecular formula is C21H33N3O2. The molecule has 0 atom stereocenters. The number of hydrogen-bond acceptors (Lipinski definition) is 4. The molecule has 2 aliphatic rings. The number of nitrogens with zero attached hydrogens (tertiary/aromatic N) is 2. The predicted molar refractivity (Wildman–Crippen MR) is 102 cm³/mol. The Morgan fingerprint density at radius 3 is 2.42 bits per heavy atom. The van der Waals surface area contributed by atoms with Crippen molar-refractivity contribution in [1.29, 1.82) is 0 Å². The summed E-state index contributed by atoms with van der Waals surface area (Å²) in [6.07, 6.45) is 16.0. The van der Waals surface area contributed by atoms with Crippen LogP contribution < -0.4 is 10.1 Å². The van der Waals surface area contributed by atoms with E-state index >= 15 is 0 Å². The van der Waals surface area contributed by atoms with Crippen molar-refractivity contribution in [3.63, 3.8) is 0 Å². The molecule has 26 heavy (non-hydrogen) atoms. The van der Waals surface area contributed by atoms with Gasteiger partial charge in [0.15, 0.2) is 0 Å². The zero-order valence-electron chi connectivity index (χ0n) is 16.0. The van der Waals surface area contributed by atoms with Gasteiger partial charge in [0.2, 0.25) is 5.91 Å². The number of carbonyl (C=O) groups excluding carboxylic acids is 1. The highest BCUT2D eigenvalue weighted by Crippen LogP contribution is 2.32. The van der Waals surface area contributed by atoms with Crippen LogP contribution in [0.4, 0.5) is 0 Å². The summed E-state index contributed by atoms with van der Waals surface area (Å²) in [6, 6.07) is 2.55. The minimum absolute atomic E-state index is 0.166. The molecule has 5 nitrogen and oxygen atoms in total. The van der Waals surface area contributed by atoms with Crippen molar-refractivity contribution in [2.24, 2.45) is 11.8 Å². The van der Waals surface area contributed by atoms with E-state index in [1.807, 2.05) is 0 Å². The highest BCUT2D eigenvalue weighted by atomic mass is 16.5. The molecule has 5 heteroatoms. The van der Waals surface area contributed by atoms with Crippen molar-refractivity contribution >= 4 is 5.91 Å². The molecule has 1 N–H and O–H groups in total. The number of hydrogen-bond donors (Lipinski definition) is 1. The van der Waals surface area contributed by atoms with Crippen LogP contribution in [0.3, 0.4) is 0 Å². The number of aromatic nitrogens is 2. The second-order valence-electron chi connectivity index (χ2n) is 7.99. The molecule has 0 aliphatic heterocycles. The van der Waals surface area contributed by atoms with Gasteiger partial charge in [-0.05, 0) is 63.4 Å². The fraction of sp³-hybridized carbons (Fsp3) is 0.762. The molecule has 3 rings (SSSR count). The maximum absolute atomic E-state index is 12.6. The van der Waals surface area contributed by atoms with Crippen LogP contribution in [0.15, 0.2) is 18.5 Å². The van der Waals surface area contributed by atoms with E-state index < -0.39 is 0 Å². The third-order valence-corrected chi connectivity index (χ3v) is 6.02. The predicted octanol–water partition coefficient (Wildman–Crippen LogP) is 4.28. The standard InChI is InChI=1S/C21H33N3O2/c1-2-3-5-16-6-8-17(9-7-16)20(25)24-18-10-12-19(13-11-18)26-21-22-14-4-15-23-21/h4,14-19H,2-3,5-13H2,1H3,(H,24,25). The van der Waals surface area contributed by atoms with E-state index in [0.29, 0.717) is 12.1 Å². The minimum atomic E-state index is 0.166. The monoisotopic (exact) mass is 359 g/mol. The average Bonchev–Trinajstić information content (AvgIpc) is 2.69. The first kappa shape index (κ1) is 19.1. The topological polar surface area (TPSA) is 64.1 Å². The summed E-state index contributed by atoms with van der Waals surface area (Å²) >= 11 is 0. The normalized spacial score (nSPS) is 29.1. The van der Waals surface area contributed by atoms with Gasteiger partial charge in [0, 0.05) is 24.4 Å². The van der Waals surface area contributed by atoms with Gasteiger partial charge in [-0.2, -0.15) is 0 Å². The summed E-state index contributed by atoms with van der Waals surface area (Å²) in [5.74, 6) is 1.38. The van der Waals surface area contributed by atoms with Gasteiger partial charge in [-0.25, -0.2) is 9.97 Å². The van der Waals surface area contributed by atoms with Gasteiger partial charge in [0.05, 0.1) is 0 Å². The van der Waals surface area contributed by atoms with Crippen LogP contribution in [-0.4, -0.2) is 28.0 Å². The largest absolute Gasteiger partial charge is 0.460 e. The van der Waals surface area contributed by atoms with Gasteiger partial charge in [-0.15, -0.1) is 0 Å². The lowest BCUT2D eigenvalue weighted by molar-refractivity contribution is -0.127.